The zero-order chi connectivity index (χ0) is 15.4. The summed E-state index contributed by atoms with van der Waals surface area (Å²) in [5.74, 6) is 0.427. The number of oxime groups is 1. The van der Waals surface area contributed by atoms with Crippen molar-refractivity contribution in [3.63, 3.8) is 0 Å². The standard InChI is InChI=1S/C18H23NO2/c1-12(2)16-10-7-14(4)17(11-16)19-21-18(20)15-8-5-13(3)6-9-15/h5-6,8-9,14,16H,1,7,10-11H2,2-4H3. The van der Waals surface area contributed by atoms with E-state index in [1.165, 1.54) is 5.57 Å². The number of allylic oxidation sites excluding steroid dienone is 1. The van der Waals surface area contributed by atoms with E-state index in [0.29, 0.717) is 17.4 Å². The summed E-state index contributed by atoms with van der Waals surface area (Å²) in [5, 5.41) is 4.12. The van der Waals surface area contributed by atoms with E-state index in [9.17, 15) is 4.79 Å². The summed E-state index contributed by atoms with van der Waals surface area (Å²) in [6.45, 7) is 10.2. The van der Waals surface area contributed by atoms with Crippen molar-refractivity contribution in [2.24, 2.45) is 17.0 Å². The molecule has 1 fully saturated rings. The Balaban J connectivity index is 2.03. The van der Waals surface area contributed by atoms with E-state index in [0.717, 1.165) is 30.5 Å². The Hall–Kier alpha value is -1.90. The van der Waals surface area contributed by atoms with E-state index in [1.807, 2.05) is 19.1 Å². The van der Waals surface area contributed by atoms with Crippen molar-refractivity contribution in [2.75, 3.05) is 0 Å². The third-order valence-electron chi connectivity index (χ3n) is 4.20. The molecule has 21 heavy (non-hydrogen) atoms. The maximum Gasteiger partial charge on any atom is 0.365 e. The lowest BCUT2D eigenvalue weighted by Crippen LogP contribution is -2.24. The highest BCUT2D eigenvalue weighted by Crippen LogP contribution is 2.30. The van der Waals surface area contributed by atoms with Crippen LogP contribution in [0.1, 0.15) is 49.0 Å². The van der Waals surface area contributed by atoms with Crippen LogP contribution in [-0.2, 0) is 4.84 Å². The van der Waals surface area contributed by atoms with Gasteiger partial charge in [0.1, 0.15) is 0 Å². The third-order valence-corrected chi connectivity index (χ3v) is 4.20. The maximum atomic E-state index is 12.0. The van der Waals surface area contributed by atoms with Gasteiger partial charge < -0.3 is 4.84 Å². The lowest BCUT2D eigenvalue weighted by Gasteiger charge is -2.27. The van der Waals surface area contributed by atoms with Crippen molar-refractivity contribution in [3.8, 4) is 0 Å². The summed E-state index contributed by atoms with van der Waals surface area (Å²) < 4.78 is 0. The van der Waals surface area contributed by atoms with Crippen LogP contribution in [0.4, 0.5) is 0 Å². The van der Waals surface area contributed by atoms with Gasteiger partial charge in [-0.2, -0.15) is 0 Å². The summed E-state index contributed by atoms with van der Waals surface area (Å²) in [5.41, 5.74) is 3.79. The molecule has 1 aromatic rings. The van der Waals surface area contributed by atoms with E-state index in [4.69, 9.17) is 4.84 Å². The molecule has 1 aromatic carbocycles. The first kappa shape index (κ1) is 15.5. The SMILES string of the molecule is C=C(C)C1CCC(C)C(=NOC(=O)c2ccc(C)cc2)C1. The van der Waals surface area contributed by atoms with Crippen LogP contribution in [0.2, 0.25) is 0 Å². The van der Waals surface area contributed by atoms with E-state index in [2.05, 4.69) is 25.6 Å². The molecule has 0 radical (unpaired) electrons. The van der Waals surface area contributed by atoms with Gasteiger partial charge in [0.25, 0.3) is 0 Å². The van der Waals surface area contributed by atoms with Crippen LogP contribution in [-0.4, -0.2) is 11.7 Å². The first-order valence-corrected chi connectivity index (χ1v) is 7.47. The molecule has 0 N–H and O–H groups in total. The molecule has 112 valence electrons. The van der Waals surface area contributed by atoms with Crippen molar-refractivity contribution < 1.29 is 9.63 Å². The summed E-state index contributed by atoms with van der Waals surface area (Å²) in [7, 11) is 0. The Morgan fingerprint density at radius 3 is 2.57 bits per heavy atom. The minimum Gasteiger partial charge on any atom is -0.313 e. The fourth-order valence-corrected chi connectivity index (χ4v) is 2.56. The second-order valence-corrected chi connectivity index (χ2v) is 6.05. The van der Waals surface area contributed by atoms with Crippen LogP contribution in [0.15, 0.2) is 41.6 Å². The van der Waals surface area contributed by atoms with Gasteiger partial charge in [-0.25, -0.2) is 4.79 Å². The summed E-state index contributed by atoms with van der Waals surface area (Å²) in [6.07, 6.45) is 3.05. The summed E-state index contributed by atoms with van der Waals surface area (Å²) >= 11 is 0. The average molecular weight is 285 g/mol. The molecule has 0 saturated heterocycles. The molecule has 0 aliphatic heterocycles. The average Bonchev–Trinajstić information content (AvgIpc) is 2.46. The van der Waals surface area contributed by atoms with Crippen molar-refractivity contribution in [2.45, 2.75) is 40.0 Å². The minimum absolute atomic E-state index is 0.367. The number of aryl methyl sites for hydroxylation is 1. The molecule has 3 heteroatoms. The number of rotatable bonds is 3. The normalized spacial score (nSPS) is 23.9. The highest BCUT2D eigenvalue weighted by molar-refractivity contribution is 5.91. The monoisotopic (exact) mass is 285 g/mol. The predicted octanol–water partition coefficient (Wildman–Crippen LogP) is 4.52. The predicted molar refractivity (Wildman–Crippen MR) is 85.3 cm³/mol. The van der Waals surface area contributed by atoms with Gasteiger partial charge in [0.15, 0.2) is 0 Å². The zero-order valence-corrected chi connectivity index (χ0v) is 13.1. The van der Waals surface area contributed by atoms with Gasteiger partial charge in [-0.1, -0.05) is 41.9 Å². The van der Waals surface area contributed by atoms with Crippen molar-refractivity contribution in [1.29, 1.82) is 0 Å². The fraction of sp³-hybridized carbons (Fsp3) is 0.444. The first-order valence-electron chi connectivity index (χ1n) is 7.47. The molecule has 1 aliphatic rings. The summed E-state index contributed by atoms with van der Waals surface area (Å²) in [6, 6.07) is 7.31. The quantitative estimate of drug-likeness (QED) is 0.465. The lowest BCUT2D eigenvalue weighted by molar-refractivity contribution is 0.0511. The number of nitrogens with zero attached hydrogens (tertiary/aromatic N) is 1. The Bertz CT molecular complexity index is 557. The van der Waals surface area contributed by atoms with Crippen LogP contribution in [0.3, 0.4) is 0 Å². The van der Waals surface area contributed by atoms with Gasteiger partial charge in [0.05, 0.1) is 11.3 Å². The van der Waals surface area contributed by atoms with Crippen molar-refractivity contribution >= 4 is 11.7 Å². The molecule has 0 bridgehead atoms. The van der Waals surface area contributed by atoms with Crippen molar-refractivity contribution in [3.05, 3.63) is 47.5 Å². The molecule has 1 saturated carbocycles. The third kappa shape index (κ3) is 4.03. The molecule has 0 amide bonds. The topological polar surface area (TPSA) is 38.7 Å². The number of carbonyl (C=O) groups excluding carboxylic acids is 1. The molecule has 0 spiro atoms. The Morgan fingerprint density at radius 2 is 1.95 bits per heavy atom. The van der Waals surface area contributed by atoms with E-state index >= 15 is 0 Å². The van der Waals surface area contributed by atoms with Gasteiger partial charge in [-0.3, -0.25) is 0 Å². The van der Waals surface area contributed by atoms with Gasteiger partial charge in [0, 0.05) is 0 Å². The molecule has 2 atom stereocenters. The first-order chi connectivity index (χ1) is 9.97. The fourth-order valence-electron chi connectivity index (χ4n) is 2.56. The van der Waals surface area contributed by atoms with Gasteiger partial charge in [-0.05, 0) is 57.1 Å². The minimum atomic E-state index is -0.396. The second-order valence-electron chi connectivity index (χ2n) is 6.05. The Labute approximate surface area is 126 Å². The lowest BCUT2D eigenvalue weighted by atomic mass is 9.79. The smallest absolute Gasteiger partial charge is 0.313 e. The molecule has 2 unspecified atom stereocenters. The zero-order valence-electron chi connectivity index (χ0n) is 13.1. The van der Waals surface area contributed by atoms with Gasteiger partial charge in [-0.15, -0.1) is 0 Å². The van der Waals surface area contributed by atoms with E-state index < -0.39 is 5.97 Å². The Kier molecular flexibility index (Phi) is 4.94. The maximum absolute atomic E-state index is 12.0. The molecule has 1 aliphatic carbocycles. The highest BCUT2D eigenvalue weighted by Gasteiger charge is 2.25. The van der Waals surface area contributed by atoms with Crippen LogP contribution in [0.25, 0.3) is 0 Å². The van der Waals surface area contributed by atoms with Crippen LogP contribution in [0.5, 0.6) is 0 Å². The summed E-state index contributed by atoms with van der Waals surface area (Å²) in [4.78, 5) is 17.1. The van der Waals surface area contributed by atoms with Crippen LogP contribution in [0, 0.1) is 18.8 Å². The van der Waals surface area contributed by atoms with E-state index in [1.54, 1.807) is 12.1 Å². The number of benzene rings is 1. The van der Waals surface area contributed by atoms with Crippen molar-refractivity contribution in [1.82, 2.24) is 0 Å². The Morgan fingerprint density at radius 1 is 1.29 bits per heavy atom. The molecular weight excluding hydrogens is 262 g/mol. The van der Waals surface area contributed by atoms with Crippen LogP contribution >= 0.6 is 0 Å². The molecule has 2 rings (SSSR count). The highest BCUT2D eigenvalue weighted by atomic mass is 16.7. The van der Waals surface area contributed by atoms with Crippen LogP contribution < -0.4 is 0 Å². The number of carbonyl (C=O) groups is 1. The van der Waals surface area contributed by atoms with Gasteiger partial charge in [0.2, 0.25) is 0 Å². The molecule has 0 aromatic heterocycles. The largest absolute Gasteiger partial charge is 0.365 e. The molecule has 0 heterocycles. The van der Waals surface area contributed by atoms with Gasteiger partial charge >= 0.3 is 5.97 Å². The second kappa shape index (κ2) is 6.70. The number of hydrogen-bond acceptors (Lipinski definition) is 3. The van der Waals surface area contributed by atoms with E-state index in [-0.39, 0.29) is 0 Å². The molecular formula is C18H23NO2. The molecule has 3 nitrogen and oxygen atoms in total. The number of hydrogen-bond donors (Lipinski definition) is 0.